The summed E-state index contributed by atoms with van der Waals surface area (Å²) in [5.41, 5.74) is 7.81. The number of carbonyl (C=O) groups excluding carboxylic acids is 2. The lowest BCUT2D eigenvalue weighted by molar-refractivity contribution is 0.00683. The van der Waals surface area contributed by atoms with Gasteiger partial charge >= 0.3 is 12.1 Å². The molecule has 0 aromatic carbocycles. The first-order valence-corrected chi connectivity index (χ1v) is 11.1. The van der Waals surface area contributed by atoms with E-state index in [2.05, 4.69) is 15.5 Å². The van der Waals surface area contributed by atoms with E-state index >= 15 is 0 Å². The Hall–Kier alpha value is -3.10. The first kappa shape index (κ1) is 22.1. The molecule has 0 spiro atoms. The number of ether oxygens (including phenoxy) is 1. The Morgan fingerprint density at radius 3 is 2.56 bits per heavy atom. The SMILES string of the molecule is C/C(N)=N/OC(=O)c1cnc2c(c1NC1C[C@H]3CC[C@@H](C1)N3C(=O)OC(C)(C)C)C=CC2. The summed E-state index contributed by atoms with van der Waals surface area (Å²) in [7, 11) is 0. The van der Waals surface area contributed by atoms with Gasteiger partial charge in [0, 0.05) is 36.3 Å². The van der Waals surface area contributed by atoms with Crippen molar-refractivity contribution in [2.24, 2.45) is 10.9 Å². The molecule has 1 amide bonds. The van der Waals surface area contributed by atoms with E-state index < -0.39 is 11.6 Å². The van der Waals surface area contributed by atoms with Crippen molar-refractivity contribution < 1.29 is 19.2 Å². The predicted molar refractivity (Wildman–Crippen MR) is 121 cm³/mol. The van der Waals surface area contributed by atoms with Crippen LogP contribution in [0.25, 0.3) is 6.08 Å². The summed E-state index contributed by atoms with van der Waals surface area (Å²) < 4.78 is 5.63. The van der Waals surface area contributed by atoms with E-state index in [1.165, 1.54) is 6.20 Å². The molecular weight excluding hydrogens is 410 g/mol. The summed E-state index contributed by atoms with van der Waals surface area (Å²) in [5, 5.41) is 7.16. The van der Waals surface area contributed by atoms with Crippen molar-refractivity contribution in [1.82, 2.24) is 9.88 Å². The topological polar surface area (TPSA) is 119 Å². The van der Waals surface area contributed by atoms with Gasteiger partial charge in [-0.1, -0.05) is 17.3 Å². The molecule has 1 aliphatic carbocycles. The molecular formula is C23H31N5O4. The van der Waals surface area contributed by atoms with Crippen LogP contribution in [0, 0.1) is 0 Å². The average molecular weight is 442 g/mol. The molecule has 3 N–H and O–H groups in total. The number of fused-ring (bicyclic) bond motifs is 3. The Morgan fingerprint density at radius 2 is 1.94 bits per heavy atom. The number of nitrogens with one attached hydrogen (secondary N) is 1. The molecule has 9 nitrogen and oxygen atoms in total. The van der Waals surface area contributed by atoms with Crippen LogP contribution in [-0.2, 0) is 16.0 Å². The van der Waals surface area contributed by atoms with Crippen molar-refractivity contribution in [3.05, 3.63) is 29.1 Å². The molecule has 9 heteroatoms. The molecule has 1 unspecified atom stereocenters. The lowest BCUT2D eigenvalue weighted by atomic mass is 9.96. The number of nitrogens with two attached hydrogens (primary N) is 1. The normalized spacial score (nSPS) is 24.3. The van der Waals surface area contributed by atoms with Gasteiger partial charge in [0.15, 0.2) is 0 Å². The third kappa shape index (κ3) is 4.56. The molecule has 3 heterocycles. The van der Waals surface area contributed by atoms with E-state index in [0.29, 0.717) is 11.3 Å². The molecule has 2 aliphatic heterocycles. The smallest absolute Gasteiger partial charge is 0.410 e. The Balaban J connectivity index is 1.54. The lowest BCUT2D eigenvalue weighted by Crippen LogP contribution is -2.51. The molecule has 2 fully saturated rings. The fraction of sp³-hybridized carbons (Fsp3) is 0.565. The van der Waals surface area contributed by atoms with Gasteiger partial charge in [0.2, 0.25) is 0 Å². The molecule has 1 aromatic rings. The van der Waals surface area contributed by atoms with Crippen LogP contribution in [0.3, 0.4) is 0 Å². The first-order valence-electron chi connectivity index (χ1n) is 11.1. The van der Waals surface area contributed by atoms with E-state index in [1.54, 1.807) is 6.92 Å². The van der Waals surface area contributed by atoms with Gasteiger partial charge in [-0.05, 0) is 53.4 Å². The number of pyridine rings is 1. The molecule has 1 aromatic heterocycles. The number of piperidine rings is 1. The van der Waals surface area contributed by atoms with E-state index in [0.717, 1.165) is 43.4 Å². The Kier molecular flexibility index (Phi) is 5.83. The number of amides is 1. The van der Waals surface area contributed by atoms with Crippen LogP contribution < -0.4 is 11.1 Å². The van der Waals surface area contributed by atoms with E-state index in [-0.39, 0.29) is 30.1 Å². The summed E-state index contributed by atoms with van der Waals surface area (Å²) in [6.07, 6.45) is 9.49. The number of rotatable bonds is 4. The molecule has 3 atom stereocenters. The highest BCUT2D eigenvalue weighted by Gasteiger charge is 2.45. The van der Waals surface area contributed by atoms with Crippen LogP contribution in [0.5, 0.6) is 0 Å². The number of anilines is 1. The fourth-order valence-electron chi connectivity index (χ4n) is 4.78. The number of nitrogens with zero attached hydrogens (tertiary/aromatic N) is 3. The van der Waals surface area contributed by atoms with Gasteiger partial charge in [-0.15, -0.1) is 0 Å². The Bertz CT molecular complexity index is 963. The van der Waals surface area contributed by atoms with Crippen molar-refractivity contribution in [3.8, 4) is 0 Å². The maximum absolute atomic E-state index is 12.7. The number of hydrogen-bond acceptors (Lipinski definition) is 7. The maximum atomic E-state index is 12.7. The van der Waals surface area contributed by atoms with Crippen LogP contribution in [0.1, 0.15) is 75.0 Å². The molecule has 3 aliphatic rings. The second kappa shape index (κ2) is 8.44. The number of amidine groups is 1. The first-order chi connectivity index (χ1) is 15.1. The van der Waals surface area contributed by atoms with Gasteiger partial charge in [-0.25, -0.2) is 9.59 Å². The highest BCUT2D eigenvalue weighted by molar-refractivity contribution is 5.98. The highest BCUT2D eigenvalue weighted by Crippen LogP contribution is 2.39. The van der Waals surface area contributed by atoms with Crippen molar-refractivity contribution in [3.63, 3.8) is 0 Å². The van der Waals surface area contributed by atoms with E-state index in [9.17, 15) is 9.59 Å². The summed E-state index contributed by atoms with van der Waals surface area (Å²) in [4.78, 5) is 36.7. The van der Waals surface area contributed by atoms with Gasteiger partial charge < -0.3 is 25.5 Å². The lowest BCUT2D eigenvalue weighted by Gasteiger charge is -2.40. The standard InChI is InChI=1S/C23H31N5O4/c1-13(24)27-32-21(29)18-12-25-19-7-5-6-17(19)20(18)26-14-10-15-8-9-16(11-14)28(15)22(30)31-23(2,3)4/h5-6,12,14-16H,7-11H2,1-4H3,(H2,24,27)(H,25,26)/t14?,15-,16+. The Morgan fingerprint density at radius 1 is 1.25 bits per heavy atom. The quantitative estimate of drug-likeness (QED) is 0.318. The van der Waals surface area contributed by atoms with Crippen LogP contribution in [0.15, 0.2) is 17.4 Å². The predicted octanol–water partition coefficient (Wildman–Crippen LogP) is 3.44. The van der Waals surface area contributed by atoms with Crippen LogP contribution in [-0.4, -0.2) is 51.5 Å². The molecule has 0 saturated carbocycles. The number of aromatic nitrogens is 1. The molecule has 0 radical (unpaired) electrons. The second-order valence-electron chi connectivity index (χ2n) is 9.71. The molecule has 4 rings (SSSR count). The van der Waals surface area contributed by atoms with Crippen molar-refractivity contribution in [2.75, 3.05) is 5.32 Å². The molecule has 32 heavy (non-hydrogen) atoms. The van der Waals surface area contributed by atoms with Gasteiger partial charge in [0.1, 0.15) is 17.0 Å². The van der Waals surface area contributed by atoms with Crippen molar-refractivity contribution in [1.29, 1.82) is 0 Å². The summed E-state index contributed by atoms with van der Waals surface area (Å²) in [6.45, 7) is 7.20. The second-order valence-corrected chi connectivity index (χ2v) is 9.71. The third-order valence-corrected chi connectivity index (χ3v) is 5.97. The average Bonchev–Trinajstić information content (AvgIpc) is 3.28. The van der Waals surface area contributed by atoms with Gasteiger partial charge in [0.25, 0.3) is 0 Å². The van der Waals surface area contributed by atoms with E-state index in [1.807, 2.05) is 37.8 Å². The van der Waals surface area contributed by atoms with Gasteiger partial charge in [-0.3, -0.25) is 4.98 Å². The van der Waals surface area contributed by atoms with Crippen molar-refractivity contribution in [2.45, 2.75) is 83.5 Å². The van der Waals surface area contributed by atoms with Gasteiger partial charge in [-0.2, -0.15) is 0 Å². The van der Waals surface area contributed by atoms with Crippen LogP contribution >= 0.6 is 0 Å². The van der Waals surface area contributed by atoms with E-state index in [4.69, 9.17) is 15.3 Å². The third-order valence-electron chi connectivity index (χ3n) is 5.97. The Labute approximate surface area is 188 Å². The van der Waals surface area contributed by atoms with Crippen LogP contribution in [0.4, 0.5) is 10.5 Å². The zero-order valence-electron chi connectivity index (χ0n) is 19.1. The van der Waals surface area contributed by atoms with Crippen LogP contribution in [0.2, 0.25) is 0 Å². The number of allylic oxidation sites excluding steroid dienone is 1. The minimum Gasteiger partial charge on any atom is -0.444 e. The monoisotopic (exact) mass is 441 g/mol. The number of oxime groups is 1. The maximum Gasteiger partial charge on any atom is 0.410 e. The molecule has 2 bridgehead atoms. The van der Waals surface area contributed by atoms with Gasteiger partial charge in [0.05, 0.1) is 11.4 Å². The zero-order chi connectivity index (χ0) is 23.0. The summed E-state index contributed by atoms with van der Waals surface area (Å²) in [6, 6.07) is 0.343. The molecule has 172 valence electrons. The zero-order valence-corrected chi connectivity index (χ0v) is 19.1. The summed E-state index contributed by atoms with van der Waals surface area (Å²) >= 11 is 0. The minimum atomic E-state index is -0.609. The number of carbonyl (C=O) groups is 2. The highest BCUT2D eigenvalue weighted by atomic mass is 16.7. The number of hydrogen-bond donors (Lipinski definition) is 2. The van der Waals surface area contributed by atoms with Crippen molar-refractivity contribution >= 4 is 29.7 Å². The fourth-order valence-corrected chi connectivity index (χ4v) is 4.78. The molecule has 2 saturated heterocycles. The minimum absolute atomic E-state index is 0.109. The largest absolute Gasteiger partial charge is 0.444 e. The summed E-state index contributed by atoms with van der Waals surface area (Å²) in [5.74, 6) is -0.449.